The molecule has 4 rings (SSSR count). The van der Waals surface area contributed by atoms with E-state index in [4.69, 9.17) is 24.5 Å². The first-order chi connectivity index (χ1) is 16.9. The number of carbonyl (C=O) groups is 2. The summed E-state index contributed by atoms with van der Waals surface area (Å²) in [5.74, 6) is -0.162. The minimum atomic E-state index is -4.92. The number of aryl methyl sites for hydroxylation is 1. The quantitative estimate of drug-likeness (QED) is 0.186. The number of nitrogens with one attached hydrogen (secondary N) is 2. The third-order valence-electron chi connectivity index (χ3n) is 5.80. The molecule has 0 saturated heterocycles. The molecule has 2 amide bonds. The summed E-state index contributed by atoms with van der Waals surface area (Å²) in [6.45, 7) is 3.19. The average molecular weight is 515 g/mol. The summed E-state index contributed by atoms with van der Waals surface area (Å²) in [7, 11) is -3.25. The van der Waals surface area contributed by atoms with Crippen LogP contribution in [0, 0.1) is 6.92 Å². The number of para-hydroxylation sites is 1. The minimum Gasteiger partial charge on any atom is -0.459 e. The smallest absolute Gasteiger partial charge is 0.459 e. The SMILES string of the molecule is Cc1oc2c(N)cccc2c1CN(C)C(=O)C=Cc1cnc2c(c1)NCC(C)(OP(=O)(O)O)C(=O)N2. The molecule has 0 radical (unpaired) electrons. The topological polar surface area (TPSA) is 180 Å². The lowest BCUT2D eigenvalue weighted by Gasteiger charge is -2.26. The molecule has 36 heavy (non-hydrogen) atoms. The standard InChI is InChI=1S/C23H26N5O7P/c1-13-16(15-5-4-6-17(24)20(15)34-13)11-28(3)19(29)8-7-14-9-18-21(25-10-14)27-22(30)23(2,12-26-18)35-36(31,32)33/h4-10,26H,11-12,24H2,1-3H3,(H,25,27,30)(H2,31,32,33). The van der Waals surface area contributed by atoms with E-state index in [1.807, 2.05) is 19.1 Å². The first-order valence-corrected chi connectivity index (χ1v) is 12.4. The molecule has 13 heteroatoms. The highest BCUT2D eigenvalue weighted by Crippen LogP contribution is 2.42. The van der Waals surface area contributed by atoms with Crippen LogP contribution < -0.4 is 16.4 Å². The molecule has 2 aromatic heterocycles. The number of carbonyl (C=O) groups excluding carboxylic acids is 2. The second kappa shape index (κ2) is 9.40. The van der Waals surface area contributed by atoms with Crippen LogP contribution in [-0.2, 0) is 25.2 Å². The molecule has 190 valence electrons. The number of nitrogen functional groups attached to an aromatic ring is 1. The molecular weight excluding hydrogens is 489 g/mol. The number of phosphoric ester groups is 1. The number of nitrogens with zero attached hydrogens (tertiary/aromatic N) is 2. The number of likely N-dealkylation sites (N-methyl/N-ethyl adjacent to an activating group) is 1. The van der Waals surface area contributed by atoms with Crippen molar-refractivity contribution in [2.75, 3.05) is 30.0 Å². The number of anilines is 3. The maximum Gasteiger partial charge on any atom is 0.470 e. The second-order valence-corrected chi connectivity index (χ2v) is 9.84. The van der Waals surface area contributed by atoms with Crippen LogP contribution in [0.4, 0.5) is 17.2 Å². The van der Waals surface area contributed by atoms with Crippen molar-refractivity contribution in [3.8, 4) is 0 Å². The Morgan fingerprint density at radius 1 is 1.42 bits per heavy atom. The molecule has 0 fully saturated rings. The summed E-state index contributed by atoms with van der Waals surface area (Å²) in [4.78, 5) is 49.2. The van der Waals surface area contributed by atoms with Crippen molar-refractivity contribution in [2.45, 2.75) is 26.0 Å². The third kappa shape index (κ3) is 5.26. The minimum absolute atomic E-state index is 0.167. The van der Waals surface area contributed by atoms with Crippen LogP contribution in [-0.4, -0.2) is 50.7 Å². The summed E-state index contributed by atoms with van der Waals surface area (Å²) in [6.07, 6.45) is 4.42. The first-order valence-electron chi connectivity index (χ1n) is 10.9. The van der Waals surface area contributed by atoms with Gasteiger partial charge in [-0.05, 0) is 37.6 Å². The molecule has 1 unspecified atom stereocenters. The molecule has 0 aliphatic carbocycles. The Balaban J connectivity index is 1.47. The van der Waals surface area contributed by atoms with Crippen molar-refractivity contribution >= 4 is 53.9 Å². The van der Waals surface area contributed by atoms with E-state index < -0.39 is 19.3 Å². The lowest BCUT2D eigenvalue weighted by atomic mass is 10.1. The molecule has 3 aromatic rings. The molecule has 1 aliphatic heterocycles. The highest BCUT2D eigenvalue weighted by molar-refractivity contribution is 7.46. The monoisotopic (exact) mass is 515 g/mol. The average Bonchev–Trinajstić information content (AvgIpc) is 3.06. The highest BCUT2D eigenvalue weighted by atomic mass is 31.2. The van der Waals surface area contributed by atoms with Gasteiger partial charge in [-0.1, -0.05) is 12.1 Å². The maximum atomic E-state index is 12.8. The number of nitrogens with two attached hydrogens (primary N) is 1. The Morgan fingerprint density at radius 2 is 2.17 bits per heavy atom. The van der Waals surface area contributed by atoms with Crippen molar-refractivity contribution in [3.63, 3.8) is 0 Å². The molecular formula is C23H26N5O7P. The molecule has 0 saturated carbocycles. The summed E-state index contributed by atoms with van der Waals surface area (Å²) in [5.41, 5.74) is 7.13. The Labute approximate surface area is 206 Å². The van der Waals surface area contributed by atoms with Crippen molar-refractivity contribution in [1.82, 2.24) is 9.88 Å². The highest BCUT2D eigenvalue weighted by Gasteiger charge is 2.42. The fourth-order valence-corrected chi connectivity index (χ4v) is 4.52. The Morgan fingerprint density at radius 3 is 2.89 bits per heavy atom. The van der Waals surface area contributed by atoms with E-state index in [0.717, 1.165) is 10.9 Å². The molecule has 3 heterocycles. The van der Waals surface area contributed by atoms with Gasteiger partial charge < -0.3 is 35.5 Å². The van der Waals surface area contributed by atoms with Crippen LogP contribution in [0.1, 0.15) is 23.8 Å². The summed E-state index contributed by atoms with van der Waals surface area (Å²) < 4.78 is 21.8. The molecule has 0 bridgehead atoms. The van der Waals surface area contributed by atoms with E-state index in [1.54, 1.807) is 25.3 Å². The van der Waals surface area contributed by atoms with Gasteiger partial charge in [-0.15, -0.1) is 0 Å². The van der Waals surface area contributed by atoms with E-state index in [2.05, 4.69) is 15.6 Å². The van der Waals surface area contributed by atoms with Crippen LogP contribution in [0.25, 0.3) is 17.0 Å². The largest absolute Gasteiger partial charge is 0.470 e. The number of phosphoric acid groups is 1. The zero-order chi connectivity index (χ0) is 26.3. The number of fused-ring (bicyclic) bond motifs is 2. The second-order valence-electron chi connectivity index (χ2n) is 8.67. The number of benzene rings is 1. The van der Waals surface area contributed by atoms with E-state index in [9.17, 15) is 14.2 Å². The van der Waals surface area contributed by atoms with Crippen molar-refractivity contribution in [3.05, 3.63) is 53.4 Å². The Bertz CT molecular complexity index is 1430. The van der Waals surface area contributed by atoms with Crippen LogP contribution in [0.3, 0.4) is 0 Å². The lowest BCUT2D eigenvalue weighted by Crippen LogP contribution is -2.46. The molecule has 1 aromatic carbocycles. The van der Waals surface area contributed by atoms with Gasteiger partial charge in [0.05, 0.1) is 17.9 Å². The maximum absolute atomic E-state index is 12.8. The van der Waals surface area contributed by atoms with Crippen LogP contribution in [0.5, 0.6) is 0 Å². The summed E-state index contributed by atoms with van der Waals surface area (Å²) in [5, 5.41) is 6.26. The van der Waals surface area contributed by atoms with Crippen LogP contribution >= 0.6 is 7.82 Å². The normalized spacial score (nSPS) is 18.0. The number of hydrogen-bond donors (Lipinski definition) is 5. The summed E-state index contributed by atoms with van der Waals surface area (Å²) in [6, 6.07) is 7.13. The van der Waals surface area contributed by atoms with E-state index >= 15 is 0 Å². The van der Waals surface area contributed by atoms with Crippen molar-refractivity contribution < 1.29 is 32.9 Å². The molecule has 6 N–H and O–H groups in total. The van der Waals surface area contributed by atoms with E-state index in [1.165, 1.54) is 24.1 Å². The van der Waals surface area contributed by atoms with E-state index in [0.29, 0.717) is 34.8 Å². The number of hydrogen-bond acceptors (Lipinski definition) is 8. The van der Waals surface area contributed by atoms with Crippen LogP contribution in [0.2, 0.25) is 0 Å². The fraction of sp³-hybridized carbons (Fsp3) is 0.261. The molecule has 1 aliphatic rings. The molecule has 1 atom stereocenters. The van der Waals surface area contributed by atoms with Gasteiger partial charge in [0, 0.05) is 36.8 Å². The van der Waals surface area contributed by atoms with Crippen LogP contribution in [0.15, 0.2) is 41.0 Å². The van der Waals surface area contributed by atoms with Crippen molar-refractivity contribution in [1.29, 1.82) is 0 Å². The van der Waals surface area contributed by atoms with Gasteiger partial charge in [0.2, 0.25) is 5.91 Å². The first kappa shape index (κ1) is 25.4. The fourth-order valence-electron chi connectivity index (χ4n) is 3.84. The van der Waals surface area contributed by atoms with Gasteiger partial charge >= 0.3 is 7.82 Å². The number of aromatic nitrogens is 1. The Hall–Kier alpha value is -3.70. The number of amides is 2. The number of rotatable bonds is 6. The molecule has 0 spiro atoms. The van der Waals surface area contributed by atoms with Gasteiger partial charge in [-0.3, -0.25) is 14.1 Å². The molecule has 12 nitrogen and oxygen atoms in total. The Kier molecular flexibility index (Phi) is 6.63. The van der Waals surface area contributed by atoms with Gasteiger partial charge in [0.1, 0.15) is 5.76 Å². The predicted octanol–water partition coefficient (Wildman–Crippen LogP) is 2.62. The van der Waals surface area contributed by atoms with Gasteiger partial charge in [-0.2, -0.15) is 0 Å². The third-order valence-corrected chi connectivity index (χ3v) is 6.44. The van der Waals surface area contributed by atoms with Crippen molar-refractivity contribution in [2.24, 2.45) is 0 Å². The van der Waals surface area contributed by atoms with Gasteiger partial charge in [0.25, 0.3) is 5.91 Å². The zero-order valence-corrected chi connectivity index (χ0v) is 20.7. The predicted molar refractivity (Wildman–Crippen MR) is 134 cm³/mol. The van der Waals surface area contributed by atoms with Gasteiger partial charge in [-0.25, -0.2) is 9.55 Å². The zero-order valence-electron chi connectivity index (χ0n) is 19.8. The summed E-state index contributed by atoms with van der Waals surface area (Å²) >= 11 is 0. The number of pyridine rings is 1. The van der Waals surface area contributed by atoms with E-state index in [-0.39, 0.29) is 18.3 Å². The van der Waals surface area contributed by atoms with Gasteiger partial charge in [0.15, 0.2) is 17.0 Å². The lowest BCUT2D eigenvalue weighted by molar-refractivity contribution is -0.130. The number of furan rings is 1.